The molecule has 1 unspecified atom stereocenters. The molecular formula is C15H10ClNO2S. The first-order valence-corrected chi connectivity index (χ1v) is 7.44. The first kappa shape index (κ1) is 13.2. The van der Waals surface area contributed by atoms with Crippen molar-refractivity contribution in [2.24, 2.45) is 5.73 Å². The molecule has 0 spiro atoms. The summed E-state index contributed by atoms with van der Waals surface area (Å²) in [6, 6.07) is 13.7. The number of benzene rings is 2. The zero-order valence-electron chi connectivity index (χ0n) is 10.3. The van der Waals surface area contributed by atoms with E-state index in [1.807, 2.05) is 0 Å². The third-order valence-electron chi connectivity index (χ3n) is 3.13. The summed E-state index contributed by atoms with van der Waals surface area (Å²) < 4.78 is 12.4. The van der Waals surface area contributed by atoms with Gasteiger partial charge in [-0.2, -0.15) is 0 Å². The molecule has 100 valence electrons. The van der Waals surface area contributed by atoms with E-state index in [1.165, 1.54) is 0 Å². The van der Waals surface area contributed by atoms with Gasteiger partial charge in [-0.15, -0.1) is 0 Å². The second-order valence-corrected chi connectivity index (χ2v) is 6.11. The van der Waals surface area contributed by atoms with Crippen molar-refractivity contribution in [2.45, 2.75) is 4.90 Å². The predicted octanol–water partition coefficient (Wildman–Crippen LogP) is 2.97. The van der Waals surface area contributed by atoms with Gasteiger partial charge < -0.3 is 10.3 Å². The van der Waals surface area contributed by atoms with E-state index in [2.05, 4.69) is 0 Å². The van der Waals surface area contributed by atoms with Crippen LogP contribution in [0.4, 0.5) is 0 Å². The fourth-order valence-corrected chi connectivity index (χ4v) is 3.76. The van der Waals surface area contributed by atoms with Crippen LogP contribution in [0, 0.1) is 0 Å². The fraction of sp³-hybridized carbons (Fsp3) is 0. The number of carbonyl (C=O) groups excluding carboxylic acids is 1. The second-order valence-electron chi connectivity index (χ2n) is 4.32. The molecule has 1 atom stereocenters. The Balaban J connectivity index is 2.19. The van der Waals surface area contributed by atoms with Crippen molar-refractivity contribution in [1.29, 1.82) is 0 Å². The van der Waals surface area contributed by atoms with E-state index >= 15 is 0 Å². The van der Waals surface area contributed by atoms with Crippen LogP contribution in [0.15, 0.2) is 58.3 Å². The van der Waals surface area contributed by atoms with Crippen molar-refractivity contribution < 1.29 is 9.35 Å². The van der Waals surface area contributed by atoms with Crippen LogP contribution >= 0.6 is 11.6 Å². The molecule has 0 amide bonds. The molecule has 1 heterocycles. The van der Waals surface area contributed by atoms with E-state index in [1.54, 1.807) is 48.5 Å². The smallest absolute Gasteiger partial charge is 0.248 e. The van der Waals surface area contributed by atoms with E-state index < -0.39 is 11.2 Å². The highest BCUT2D eigenvalue weighted by molar-refractivity contribution is 7.97. The molecule has 0 aromatic heterocycles. The van der Waals surface area contributed by atoms with Gasteiger partial charge in [-0.05, 0) is 18.2 Å². The molecule has 2 aromatic rings. The molecule has 0 saturated heterocycles. The van der Waals surface area contributed by atoms with Crippen molar-refractivity contribution in [2.75, 3.05) is 0 Å². The normalized spacial score (nSPS) is 19.9. The molecule has 0 radical (unpaired) electrons. The standard InChI is InChI=1S/C15H10ClNO2S/c16-11-7-3-1-5-9(11)13(17)15-14(18)10-6-2-4-8-12(10)20(15)19/h1-8H,17H2/b15-13+. The van der Waals surface area contributed by atoms with Crippen molar-refractivity contribution in [3.05, 3.63) is 69.6 Å². The van der Waals surface area contributed by atoms with Crippen LogP contribution in [0.2, 0.25) is 5.02 Å². The summed E-state index contributed by atoms with van der Waals surface area (Å²) in [5.74, 6) is -0.295. The van der Waals surface area contributed by atoms with Gasteiger partial charge in [-0.3, -0.25) is 4.79 Å². The Morgan fingerprint density at radius 3 is 2.45 bits per heavy atom. The van der Waals surface area contributed by atoms with Crippen LogP contribution in [0.1, 0.15) is 15.9 Å². The largest absolute Gasteiger partial charge is 0.606 e. The summed E-state index contributed by atoms with van der Waals surface area (Å²) in [6.07, 6.45) is 0. The maximum atomic E-state index is 12.4. The molecule has 3 rings (SSSR count). The molecule has 0 saturated carbocycles. The Labute approximate surface area is 124 Å². The first-order valence-electron chi connectivity index (χ1n) is 5.91. The molecule has 1 aliphatic rings. The number of allylic oxidation sites excluding steroid dienone is 1. The number of nitrogens with two attached hydrogens (primary N) is 1. The third-order valence-corrected chi connectivity index (χ3v) is 4.99. The minimum atomic E-state index is -1.56. The molecule has 0 bridgehead atoms. The van der Waals surface area contributed by atoms with Gasteiger partial charge in [0.2, 0.25) is 10.7 Å². The lowest BCUT2D eigenvalue weighted by Gasteiger charge is -2.09. The topological polar surface area (TPSA) is 66.2 Å². The first-order chi connectivity index (χ1) is 9.61. The maximum absolute atomic E-state index is 12.4. The summed E-state index contributed by atoms with van der Waals surface area (Å²) in [5, 5.41) is 0.429. The van der Waals surface area contributed by atoms with Crippen LogP contribution in [0.25, 0.3) is 5.70 Å². The highest BCUT2D eigenvalue weighted by Crippen LogP contribution is 2.37. The quantitative estimate of drug-likeness (QED) is 0.650. The molecule has 3 nitrogen and oxygen atoms in total. The second kappa shape index (κ2) is 4.98. The lowest BCUT2D eigenvalue weighted by Crippen LogP contribution is -2.11. The summed E-state index contributed by atoms with van der Waals surface area (Å²) in [4.78, 5) is 13.0. The van der Waals surface area contributed by atoms with Crippen molar-refractivity contribution in [3.8, 4) is 0 Å². The third kappa shape index (κ3) is 1.93. The highest BCUT2D eigenvalue weighted by Gasteiger charge is 2.41. The Kier molecular flexibility index (Phi) is 3.30. The minimum Gasteiger partial charge on any atom is -0.606 e. The number of rotatable bonds is 1. The molecule has 2 N–H and O–H groups in total. The summed E-state index contributed by atoms with van der Waals surface area (Å²) >= 11 is 4.52. The Morgan fingerprint density at radius 2 is 1.75 bits per heavy atom. The number of ketones is 1. The SMILES string of the molecule is N/C(=C1\C(=O)c2ccccc2[S+]1[O-])c1ccccc1Cl. The van der Waals surface area contributed by atoms with Gasteiger partial charge >= 0.3 is 0 Å². The number of fused-ring (bicyclic) bond motifs is 1. The number of hydrogen-bond acceptors (Lipinski definition) is 3. The van der Waals surface area contributed by atoms with Crippen LogP contribution in [0.5, 0.6) is 0 Å². The zero-order valence-corrected chi connectivity index (χ0v) is 11.9. The fourth-order valence-electron chi connectivity index (χ4n) is 2.16. The van der Waals surface area contributed by atoms with Gasteiger partial charge in [0.15, 0.2) is 4.90 Å². The predicted molar refractivity (Wildman–Crippen MR) is 79.7 cm³/mol. The van der Waals surface area contributed by atoms with Gasteiger partial charge in [0, 0.05) is 16.7 Å². The molecule has 20 heavy (non-hydrogen) atoms. The molecule has 5 heteroatoms. The van der Waals surface area contributed by atoms with Gasteiger partial charge in [0.05, 0.1) is 10.6 Å². The van der Waals surface area contributed by atoms with E-state index in [-0.39, 0.29) is 16.4 Å². The number of Topliss-reactive ketones (excluding diaryl/α,β-unsaturated/α-hetero) is 1. The van der Waals surface area contributed by atoms with E-state index in [9.17, 15) is 9.35 Å². The van der Waals surface area contributed by atoms with Crippen molar-refractivity contribution in [1.82, 2.24) is 0 Å². The Morgan fingerprint density at radius 1 is 1.10 bits per heavy atom. The summed E-state index contributed by atoms with van der Waals surface area (Å²) in [5.41, 5.74) is 7.19. The van der Waals surface area contributed by atoms with Crippen LogP contribution in [0.3, 0.4) is 0 Å². The summed E-state index contributed by atoms with van der Waals surface area (Å²) in [7, 11) is 0. The van der Waals surface area contributed by atoms with E-state index in [0.29, 0.717) is 21.0 Å². The number of hydrogen-bond donors (Lipinski definition) is 1. The highest BCUT2D eigenvalue weighted by atomic mass is 35.5. The number of halogens is 1. The Hall–Kier alpha value is -1.75. The molecule has 0 fully saturated rings. The average Bonchev–Trinajstić information content (AvgIpc) is 2.71. The summed E-state index contributed by atoms with van der Waals surface area (Å²) in [6.45, 7) is 0. The van der Waals surface area contributed by atoms with Crippen LogP contribution in [-0.2, 0) is 11.2 Å². The lowest BCUT2D eigenvalue weighted by molar-refractivity contribution is 0.104. The van der Waals surface area contributed by atoms with Gasteiger partial charge in [0.25, 0.3) is 0 Å². The monoisotopic (exact) mass is 303 g/mol. The van der Waals surface area contributed by atoms with Gasteiger partial charge in [0.1, 0.15) is 5.70 Å². The minimum absolute atomic E-state index is 0.110. The van der Waals surface area contributed by atoms with Crippen molar-refractivity contribution in [3.63, 3.8) is 0 Å². The van der Waals surface area contributed by atoms with Crippen LogP contribution < -0.4 is 5.73 Å². The lowest BCUT2D eigenvalue weighted by atomic mass is 10.1. The molecular weight excluding hydrogens is 294 g/mol. The number of carbonyl (C=O) groups is 1. The van der Waals surface area contributed by atoms with Crippen molar-refractivity contribution >= 4 is 34.3 Å². The van der Waals surface area contributed by atoms with E-state index in [0.717, 1.165) is 0 Å². The molecule has 1 aliphatic heterocycles. The van der Waals surface area contributed by atoms with Gasteiger partial charge in [-0.1, -0.05) is 41.9 Å². The van der Waals surface area contributed by atoms with E-state index in [4.69, 9.17) is 17.3 Å². The Bertz CT molecular complexity index is 742. The zero-order chi connectivity index (χ0) is 14.3. The molecule has 2 aromatic carbocycles. The molecule has 0 aliphatic carbocycles. The van der Waals surface area contributed by atoms with Gasteiger partial charge in [-0.25, -0.2) is 0 Å². The van der Waals surface area contributed by atoms with Crippen LogP contribution in [-0.4, -0.2) is 10.3 Å². The average molecular weight is 304 g/mol. The maximum Gasteiger partial charge on any atom is 0.248 e.